The van der Waals surface area contributed by atoms with E-state index in [1.807, 2.05) is 0 Å². The molecule has 0 aromatic heterocycles. The number of rotatable bonds is 2. The summed E-state index contributed by atoms with van der Waals surface area (Å²) in [4.78, 5) is 2.45. The molecule has 1 aromatic rings. The summed E-state index contributed by atoms with van der Waals surface area (Å²) < 4.78 is 1.20. The van der Waals surface area contributed by atoms with Gasteiger partial charge in [-0.2, -0.15) is 0 Å². The van der Waals surface area contributed by atoms with E-state index in [2.05, 4.69) is 46.0 Å². The predicted molar refractivity (Wildman–Crippen MR) is 71.4 cm³/mol. The molecule has 3 heteroatoms. The van der Waals surface area contributed by atoms with Gasteiger partial charge in [0.05, 0.1) is 0 Å². The molecular formula is C13H19BrN2. The van der Waals surface area contributed by atoms with Crippen LogP contribution < -0.4 is 5.73 Å². The van der Waals surface area contributed by atoms with Gasteiger partial charge >= 0.3 is 0 Å². The highest BCUT2D eigenvalue weighted by Crippen LogP contribution is 2.19. The molecule has 0 radical (unpaired) electrons. The first-order valence-corrected chi connectivity index (χ1v) is 6.67. The minimum atomic E-state index is 0.364. The van der Waals surface area contributed by atoms with Gasteiger partial charge in [0, 0.05) is 23.6 Å². The number of hydrogen-bond donors (Lipinski definition) is 1. The zero-order chi connectivity index (χ0) is 11.5. The van der Waals surface area contributed by atoms with Crippen molar-refractivity contribution >= 4 is 15.9 Å². The summed E-state index contributed by atoms with van der Waals surface area (Å²) in [5.74, 6) is 0. The molecule has 0 aliphatic carbocycles. The second-order valence-corrected chi connectivity index (χ2v) is 5.58. The second-order valence-electron chi connectivity index (χ2n) is 4.72. The fraction of sp³-hybridized carbons (Fsp3) is 0.538. The number of aryl methyl sites for hydroxylation is 1. The van der Waals surface area contributed by atoms with E-state index in [4.69, 9.17) is 5.73 Å². The topological polar surface area (TPSA) is 29.3 Å². The van der Waals surface area contributed by atoms with Crippen molar-refractivity contribution in [3.05, 3.63) is 33.8 Å². The van der Waals surface area contributed by atoms with Crippen LogP contribution in [0.1, 0.15) is 24.0 Å². The summed E-state index contributed by atoms with van der Waals surface area (Å²) in [6.07, 6.45) is 2.41. The lowest BCUT2D eigenvalue weighted by Crippen LogP contribution is -2.42. The lowest BCUT2D eigenvalue weighted by Gasteiger charge is -2.30. The molecule has 1 saturated heterocycles. The average molecular weight is 283 g/mol. The molecule has 1 atom stereocenters. The quantitative estimate of drug-likeness (QED) is 0.904. The van der Waals surface area contributed by atoms with Crippen LogP contribution in [-0.2, 0) is 6.54 Å². The highest BCUT2D eigenvalue weighted by Gasteiger charge is 2.16. The lowest BCUT2D eigenvalue weighted by molar-refractivity contribution is 0.201. The second kappa shape index (κ2) is 5.30. The fourth-order valence-electron chi connectivity index (χ4n) is 2.23. The van der Waals surface area contributed by atoms with E-state index in [1.54, 1.807) is 0 Å². The van der Waals surface area contributed by atoms with Crippen LogP contribution in [0.4, 0.5) is 0 Å². The number of nitrogens with zero attached hydrogens (tertiary/aromatic N) is 1. The van der Waals surface area contributed by atoms with Gasteiger partial charge in [-0.25, -0.2) is 0 Å². The van der Waals surface area contributed by atoms with E-state index in [-0.39, 0.29) is 0 Å². The van der Waals surface area contributed by atoms with E-state index in [0.717, 1.165) is 13.1 Å². The van der Waals surface area contributed by atoms with Crippen molar-refractivity contribution < 1.29 is 0 Å². The zero-order valence-corrected chi connectivity index (χ0v) is 11.3. The Kier molecular flexibility index (Phi) is 4.00. The van der Waals surface area contributed by atoms with E-state index in [0.29, 0.717) is 6.04 Å². The number of nitrogens with two attached hydrogens (primary N) is 1. The highest BCUT2D eigenvalue weighted by atomic mass is 79.9. The molecule has 0 bridgehead atoms. The Morgan fingerprint density at radius 2 is 2.31 bits per heavy atom. The Hall–Kier alpha value is -0.380. The molecular weight excluding hydrogens is 264 g/mol. The fourth-order valence-corrected chi connectivity index (χ4v) is 2.65. The number of piperidine rings is 1. The van der Waals surface area contributed by atoms with Crippen LogP contribution in [0, 0.1) is 6.92 Å². The lowest BCUT2D eigenvalue weighted by atomic mass is 10.1. The van der Waals surface area contributed by atoms with E-state index >= 15 is 0 Å². The minimum Gasteiger partial charge on any atom is -0.327 e. The Balaban J connectivity index is 2.00. The molecule has 1 heterocycles. The molecule has 0 amide bonds. The molecule has 1 fully saturated rings. The Morgan fingerprint density at radius 1 is 1.50 bits per heavy atom. The van der Waals surface area contributed by atoms with Crippen molar-refractivity contribution in [3.63, 3.8) is 0 Å². The third kappa shape index (κ3) is 3.06. The predicted octanol–water partition coefficient (Wildman–Crippen LogP) is 2.68. The van der Waals surface area contributed by atoms with Gasteiger partial charge in [0.2, 0.25) is 0 Å². The number of hydrogen-bond acceptors (Lipinski definition) is 2. The van der Waals surface area contributed by atoms with Crippen molar-refractivity contribution in [2.45, 2.75) is 32.4 Å². The first-order valence-electron chi connectivity index (χ1n) is 5.88. The summed E-state index contributed by atoms with van der Waals surface area (Å²) in [5.41, 5.74) is 8.64. The average Bonchev–Trinajstić information content (AvgIpc) is 2.24. The molecule has 0 spiro atoms. The summed E-state index contributed by atoms with van der Waals surface area (Å²) >= 11 is 3.58. The van der Waals surface area contributed by atoms with Gasteiger partial charge in [0.15, 0.2) is 0 Å². The third-order valence-corrected chi connectivity index (χ3v) is 4.04. The molecule has 1 aliphatic heterocycles. The summed E-state index contributed by atoms with van der Waals surface area (Å²) in [6.45, 7) is 5.35. The van der Waals surface area contributed by atoms with Crippen LogP contribution in [-0.4, -0.2) is 24.0 Å². The van der Waals surface area contributed by atoms with Crippen molar-refractivity contribution in [1.82, 2.24) is 4.90 Å². The SMILES string of the molecule is Cc1ccc(CN2CCC[C@@H](N)C2)cc1Br. The largest absolute Gasteiger partial charge is 0.327 e. The molecule has 1 aliphatic rings. The number of likely N-dealkylation sites (tertiary alicyclic amines) is 1. The van der Waals surface area contributed by atoms with E-state index in [1.165, 1.54) is 35.0 Å². The van der Waals surface area contributed by atoms with Gasteiger partial charge < -0.3 is 5.73 Å². The van der Waals surface area contributed by atoms with Crippen LogP contribution in [0.3, 0.4) is 0 Å². The van der Waals surface area contributed by atoms with Gasteiger partial charge in [-0.05, 0) is 43.5 Å². The van der Waals surface area contributed by atoms with Gasteiger partial charge in [-0.1, -0.05) is 28.1 Å². The first-order chi connectivity index (χ1) is 7.65. The molecule has 2 N–H and O–H groups in total. The van der Waals surface area contributed by atoms with Crippen LogP contribution in [0.5, 0.6) is 0 Å². The van der Waals surface area contributed by atoms with E-state index in [9.17, 15) is 0 Å². The molecule has 0 saturated carbocycles. The molecule has 2 nitrogen and oxygen atoms in total. The zero-order valence-electron chi connectivity index (χ0n) is 9.75. The summed E-state index contributed by atoms with van der Waals surface area (Å²) in [6, 6.07) is 6.96. The molecule has 0 unspecified atom stereocenters. The van der Waals surface area contributed by atoms with Crippen molar-refractivity contribution in [3.8, 4) is 0 Å². The maximum atomic E-state index is 5.98. The van der Waals surface area contributed by atoms with Crippen LogP contribution >= 0.6 is 15.9 Å². The third-order valence-electron chi connectivity index (χ3n) is 3.18. The Morgan fingerprint density at radius 3 is 3.00 bits per heavy atom. The van der Waals surface area contributed by atoms with Crippen molar-refractivity contribution in [2.75, 3.05) is 13.1 Å². The standard InChI is InChI=1S/C13H19BrN2/c1-10-4-5-11(7-13(10)14)8-16-6-2-3-12(15)9-16/h4-5,7,12H,2-3,6,8-9,15H2,1H3/t12-/m1/s1. The van der Waals surface area contributed by atoms with Crippen LogP contribution in [0.2, 0.25) is 0 Å². The van der Waals surface area contributed by atoms with Crippen LogP contribution in [0.25, 0.3) is 0 Å². The Bertz CT molecular complexity index is 365. The highest BCUT2D eigenvalue weighted by molar-refractivity contribution is 9.10. The number of halogens is 1. The normalized spacial score (nSPS) is 22.3. The maximum Gasteiger partial charge on any atom is 0.0234 e. The first kappa shape index (κ1) is 12.1. The number of benzene rings is 1. The molecule has 1 aromatic carbocycles. The summed E-state index contributed by atoms with van der Waals surface area (Å²) in [5, 5.41) is 0. The molecule has 16 heavy (non-hydrogen) atoms. The van der Waals surface area contributed by atoms with Crippen molar-refractivity contribution in [2.24, 2.45) is 5.73 Å². The minimum absolute atomic E-state index is 0.364. The maximum absolute atomic E-state index is 5.98. The smallest absolute Gasteiger partial charge is 0.0234 e. The molecule has 2 rings (SSSR count). The van der Waals surface area contributed by atoms with Crippen LogP contribution in [0.15, 0.2) is 22.7 Å². The van der Waals surface area contributed by atoms with Gasteiger partial charge in [-0.3, -0.25) is 4.90 Å². The van der Waals surface area contributed by atoms with Gasteiger partial charge in [-0.15, -0.1) is 0 Å². The van der Waals surface area contributed by atoms with Gasteiger partial charge in [0.25, 0.3) is 0 Å². The monoisotopic (exact) mass is 282 g/mol. The van der Waals surface area contributed by atoms with Crippen molar-refractivity contribution in [1.29, 1.82) is 0 Å². The molecule has 88 valence electrons. The van der Waals surface area contributed by atoms with Gasteiger partial charge in [0.1, 0.15) is 0 Å². The van der Waals surface area contributed by atoms with E-state index < -0.39 is 0 Å². The Labute approximate surface area is 106 Å². The summed E-state index contributed by atoms with van der Waals surface area (Å²) in [7, 11) is 0.